The van der Waals surface area contributed by atoms with Crippen molar-refractivity contribution in [2.24, 2.45) is 0 Å². The molecule has 0 radical (unpaired) electrons. The molecule has 0 atom stereocenters. The molecule has 0 saturated carbocycles. The van der Waals surface area contributed by atoms with Crippen molar-refractivity contribution in [2.75, 3.05) is 0 Å². The summed E-state index contributed by atoms with van der Waals surface area (Å²) in [5, 5.41) is 13.9. The molecule has 222 valence electrons. The van der Waals surface area contributed by atoms with Gasteiger partial charge in [0.1, 0.15) is 6.07 Å². The normalized spacial score (nSPS) is 11.3. The molecule has 9 aromatic rings. The summed E-state index contributed by atoms with van der Waals surface area (Å²) in [5.41, 5.74) is 8.53. The lowest BCUT2D eigenvalue weighted by molar-refractivity contribution is 1.13. The van der Waals surface area contributed by atoms with Crippen LogP contribution in [0, 0.1) is 17.9 Å². The molecule has 48 heavy (non-hydrogen) atoms. The highest BCUT2D eigenvalue weighted by Gasteiger charge is 2.21. The highest BCUT2D eigenvalue weighted by Crippen LogP contribution is 2.41. The number of rotatable bonds is 4. The summed E-state index contributed by atoms with van der Waals surface area (Å²) in [6.45, 7) is 7.42. The molecule has 0 fully saturated rings. The highest BCUT2D eigenvalue weighted by atomic mass is 15.0. The van der Waals surface area contributed by atoms with Crippen molar-refractivity contribution in [2.45, 2.75) is 0 Å². The first-order chi connectivity index (χ1) is 23.7. The predicted octanol–water partition coefficient (Wildman–Crippen LogP) is 9.22. The van der Waals surface area contributed by atoms with Crippen LogP contribution < -0.4 is 0 Å². The Labute approximate surface area is 274 Å². The Balaban J connectivity index is 1.38. The molecule has 9 rings (SSSR count). The molecule has 0 saturated heterocycles. The SMILES string of the molecule is [C-]#[N+]c1cnc(-c2cc(-c3ncc(C#N)cn3)ccc2-n2c3ccccc3c3cc4c5ccccc5n(-c5ccccc5)c4cc32)nc1. The van der Waals surface area contributed by atoms with E-state index in [-0.39, 0.29) is 0 Å². The molecule has 0 amide bonds. The molecule has 0 bridgehead atoms. The summed E-state index contributed by atoms with van der Waals surface area (Å²) >= 11 is 0. The second kappa shape index (κ2) is 10.7. The lowest BCUT2D eigenvalue weighted by Crippen LogP contribution is -2.01. The monoisotopic (exact) mass is 614 g/mol. The van der Waals surface area contributed by atoms with E-state index in [9.17, 15) is 5.26 Å². The van der Waals surface area contributed by atoms with Gasteiger partial charge in [0.25, 0.3) is 0 Å². The second-order valence-corrected chi connectivity index (χ2v) is 11.4. The van der Waals surface area contributed by atoms with E-state index in [0.717, 1.165) is 55.3 Å². The number of benzene rings is 5. The Hall–Kier alpha value is -7.16. The second-order valence-electron chi connectivity index (χ2n) is 11.4. The van der Waals surface area contributed by atoms with Gasteiger partial charge in [-0.15, -0.1) is 0 Å². The van der Waals surface area contributed by atoms with Gasteiger partial charge in [0.05, 0.1) is 39.9 Å². The van der Waals surface area contributed by atoms with E-state index in [4.69, 9.17) is 6.57 Å². The number of fused-ring (bicyclic) bond motifs is 6. The molecule has 0 aliphatic rings. The van der Waals surface area contributed by atoms with Crippen LogP contribution in [0.5, 0.6) is 0 Å². The van der Waals surface area contributed by atoms with Crippen LogP contribution in [-0.4, -0.2) is 29.1 Å². The fraction of sp³-hybridized carbons (Fsp3) is 0. The van der Waals surface area contributed by atoms with E-state index in [1.165, 1.54) is 35.6 Å². The molecule has 0 spiro atoms. The average molecular weight is 615 g/mol. The molecule has 8 heteroatoms. The molecule has 8 nitrogen and oxygen atoms in total. The van der Waals surface area contributed by atoms with Crippen molar-refractivity contribution in [1.82, 2.24) is 29.1 Å². The van der Waals surface area contributed by atoms with Crippen LogP contribution in [0.1, 0.15) is 5.56 Å². The third kappa shape index (κ3) is 4.14. The Morgan fingerprint density at radius 3 is 1.83 bits per heavy atom. The fourth-order valence-corrected chi connectivity index (χ4v) is 6.65. The van der Waals surface area contributed by atoms with Gasteiger partial charge in [0.15, 0.2) is 11.6 Å². The number of nitrogens with zero attached hydrogens (tertiary/aromatic N) is 8. The molecule has 0 aliphatic carbocycles. The zero-order chi connectivity index (χ0) is 32.2. The summed E-state index contributed by atoms with van der Waals surface area (Å²) in [6, 6.07) is 40.1. The molecule has 0 unspecified atom stereocenters. The first kappa shape index (κ1) is 27.2. The third-order valence-corrected chi connectivity index (χ3v) is 8.77. The first-order valence-corrected chi connectivity index (χ1v) is 15.3. The van der Waals surface area contributed by atoms with Crippen molar-refractivity contribution in [1.29, 1.82) is 5.26 Å². The Bertz CT molecular complexity index is 2780. The van der Waals surface area contributed by atoms with Crippen molar-refractivity contribution < 1.29 is 0 Å². The van der Waals surface area contributed by atoms with E-state index in [1.54, 1.807) is 0 Å². The zero-order valence-corrected chi connectivity index (χ0v) is 25.3. The minimum Gasteiger partial charge on any atom is -0.309 e. The highest BCUT2D eigenvalue weighted by molar-refractivity contribution is 6.19. The average Bonchev–Trinajstić information content (AvgIpc) is 3.66. The van der Waals surface area contributed by atoms with Crippen LogP contribution in [0.3, 0.4) is 0 Å². The minimum absolute atomic E-state index is 0.361. The van der Waals surface area contributed by atoms with Crippen molar-refractivity contribution in [3.05, 3.63) is 151 Å². The van der Waals surface area contributed by atoms with Gasteiger partial charge in [-0.05, 0) is 54.6 Å². The van der Waals surface area contributed by atoms with Crippen LogP contribution in [0.25, 0.3) is 82.6 Å². The van der Waals surface area contributed by atoms with Crippen LogP contribution >= 0.6 is 0 Å². The van der Waals surface area contributed by atoms with Gasteiger partial charge in [-0.25, -0.2) is 24.8 Å². The predicted molar refractivity (Wildman–Crippen MR) is 188 cm³/mol. The van der Waals surface area contributed by atoms with Crippen LogP contribution in [0.4, 0.5) is 5.69 Å². The van der Waals surface area contributed by atoms with Crippen molar-refractivity contribution >= 4 is 49.3 Å². The maximum atomic E-state index is 9.27. The smallest absolute Gasteiger partial charge is 0.222 e. The lowest BCUT2D eigenvalue weighted by atomic mass is 10.1. The summed E-state index contributed by atoms with van der Waals surface area (Å²) in [5.74, 6) is 0.953. The Kier molecular flexibility index (Phi) is 6.07. The van der Waals surface area contributed by atoms with E-state index >= 15 is 0 Å². The van der Waals surface area contributed by atoms with Gasteiger partial charge in [0, 0.05) is 63.1 Å². The fourth-order valence-electron chi connectivity index (χ4n) is 6.65. The van der Waals surface area contributed by atoms with Crippen LogP contribution in [0.2, 0.25) is 0 Å². The molecule has 4 aromatic heterocycles. The topological polar surface area (TPSA) is 89.6 Å². The number of nitriles is 1. The first-order valence-electron chi connectivity index (χ1n) is 15.3. The summed E-state index contributed by atoms with van der Waals surface area (Å²) < 4.78 is 4.59. The van der Waals surface area contributed by atoms with Gasteiger partial charge >= 0.3 is 0 Å². The summed E-state index contributed by atoms with van der Waals surface area (Å²) in [6.07, 6.45) is 6.11. The van der Waals surface area contributed by atoms with Crippen LogP contribution in [-0.2, 0) is 0 Å². The number of hydrogen-bond acceptors (Lipinski definition) is 5. The van der Waals surface area contributed by atoms with Crippen molar-refractivity contribution in [3.8, 4) is 40.2 Å². The van der Waals surface area contributed by atoms with Gasteiger partial charge in [-0.2, -0.15) is 5.26 Å². The van der Waals surface area contributed by atoms with E-state index < -0.39 is 0 Å². The lowest BCUT2D eigenvalue weighted by Gasteiger charge is -2.15. The van der Waals surface area contributed by atoms with Gasteiger partial charge in [0.2, 0.25) is 5.69 Å². The number of hydrogen-bond donors (Lipinski definition) is 0. The maximum Gasteiger partial charge on any atom is 0.222 e. The molecule has 0 aliphatic heterocycles. The Morgan fingerprint density at radius 1 is 0.562 bits per heavy atom. The van der Waals surface area contributed by atoms with Gasteiger partial charge in [-0.3, -0.25) is 0 Å². The minimum atomic E-state index is 0.361. The molecular formula is C40H22N8. The van der Waals surface area contributed by atoms with E-state index in [2.05, 4.69) is 125 Å². The standard InChI is InChI=1S/C40H22N8/c1-42-27-23-45-40(46-24-27)33-17-26(39-43-21-25(20-41)22-44-39)15-16-36(33)48-35-14-8-6-12-30(35)32-18-31-29-11-5-7-13-34(29)47(37(31)19-38(32)48)28-9-3-2-4-10-28/h2-19,21-24H. The summed E-state index contributed by atoms with van der Waals surface area (Å²) in [7, 11) is 0. The molecule has 0 N–H and O–H groups in total. The maximum absolute atomic E-state index is 9.27. The number of aromatic nitrogens is 6. The van der Waals surface area contributed by atoms with E-state index in [1.807, 2.05) is 24.3 Å². The molecule has 5 aromatic carbocycles. The van der Waals surface area contributed by atoms with Crippen LogP contribution in [0.15, 0.2) is 134 Å². The number of para-hydroxylation sites is 3. The largest absolute Gasteiger partial charge is 0.309 e. The summed E-state index contributed by atoms with van der Waals surface area (Å²) in [4.78, 5) is 21.6. The third-order valence-electron chi connectivity index (χ3n) is 8.77. The van der Waals surface area contributed by atoms with Gasteiger partial charge in [-0.1, -0.05) is 54.6 Å². The van der Waals surface area contributed by atoms with E-state index in [0.29, 0.717) is 22.9 Å². The van der Waals surface area contributed by atoms with Gasteiger partial charge < -0.3 is 9.13 Å². The quantitative estimate of drug-likeness (QED) is 0.184. The molecule has 4 heterocycles. The zero-order valence-electron chi connectivity index (χ0n) is 25.3. The van der Waals surface area contributed by atoms with Crippen molar-refractivity contribution in [3.63, 3.8) is 0 Å². The Morgan fingerprint density at radius 2 is 1.17 bits per heavy atom. The molecular weight excluding hydrogens is 592 g/mol.